The summed E-state index contributed by atoms with van der Waals surface area (Å²) in [7, 11) is 3.38. The molecule has 1 saturated heterocycles. The third kappa shape index (κ3) is 4.87. The molecule has 2 heterocycles. The molecule has 0 bridgehead atoms. The Balaban J connectivity index is 1.46. The minimum Gasteiger partial charge on any atom is -0.496 e. The van der Waals surface area contributed by atoms with Crippen LogP contribution in [0.15, 0.2) is 72.8 Å². The predicted octanol–water partition coefficient (Wildman–Crippen LogP) is 3.79. The molecule has 36 heavy (non-hydrogen) atoms. The fraction of sp³-hybridized carbons (Fsp3) is 0.296. The van der Waals surface area contributed by atoms with Crippen molar-refractivity contribution in [2.24, 2.45) is 0 Å². The van der Waals surface area contributed by atoms with Crippen LogP contribution in [-0.2, 0) is 6.54 Å². The first-order valence-electron chi connectivity index (χ1n) is 11.9. The van der Waals surface area contributed by atoms with E-state index in [2.05, 4.69) is 37.5 Å². The van der Waals surface area contributed by atoms with Crippen molar-refractivity contribution < 1.29 is 13.9 Å². The molecule has 4 aromatic rings. The first-order chi connectivity index (χ1) is 17.7. The number of hydrogen-bond donors (Lipinski definition) is 0. The molecule has 0 amide bonds. The van der Waals surface area contributed by atoms with Gasteiger partial charge in [-0.3, -0.25) is 4.90 Å². The average molecular weight is 489 g/mol. The smallest absolute Gasteiger partial charge is 0.173 e. The maximum Gasteiger partial charge on any atom is 0.173 e. The van der Waals surface area contributed by atoms with Crippen molar-refractivity contribution in [1.29, 1.82) is 0 Å². The molecule has 0 N–H and O–H groups in total. The van der Waals surface area contributed by atoms with Crippen LogP contribution < -0.4 is 14.4 Å². The van der Waals surface area contributed by atoms with Crippen molar-refractivity contribution in [3.05, 3.63) is 95.6 Å². The Morgan fingerprint density at radius 2 is 1.50 bits per heavy atom. The minimum absolute atomic E-state index is 0.212. The second kappa shape index (κ2) is 10.7. The highest BCUT2D eigenvalue weighted by molar-refractivity contribution is 5.58. The largest absolute Gasteiger partial charge is 0.496 e. The van der Waals surface area contributed by atoms with E-state index in [0.29, 0.717) is 6.54 Å². The van der Waals surface area contributed by atoms with E-state index in [1.807, 2.05) is 36.4 Å². The number of halogens is 1. The maximum absolute atomic E-state index is 13.4. The fourth-order valence-electron chi connectivity index (χ4n) is 4.79. The summed E-state index contributed by atoms with van der Waals surface area (Å²) in [4.78, 5) is 4.73. The summed E-state index contributed by atoms with van der Waals surface area (Å²) in [6, 6.07) is 22.3. The predicted molar refractivity (Wildman–Crippen MR) is 135 cm³/mol. The van der Waals surface area contributed by atoms with Crippen molar-refractivity contribution >= 4 is 5.69 Å². The van der Waals surface area contributed by atoms with Crippen molar-refractivity contribution in [3.8, 4) is 11.5 Å². The number of tetrazole rings is 1. The normalized spacial score (nSPS) is 15.0. The monoisotopic (exact) mass is 488 g/mol. The number of rotatable bonds is 8. The van der Waals surface area contributed by atoms with E-state index < -0.39 is 0 Å². The first kappa shape index (κ1) is 23.7. The summed E-state index contributed by atoms with van der Waals surface area (Å²) < 4.78 is 26.6. The summed E-state index contributed by atoms with van der Waals surface area (Å²) >= 11 is 0. The topological polar surface area (TPSA) is 68.5 Å². The van der Waals surface area contributed by atoms with Gasteiger partial charge in [0.25, 0.3) is 0 Å². The van der Waals surface area contributed by atoms with E-state index in [0.717, 1.165) is 60.3 Å². The quantitative estimate of drug-likeness (QED) is 0.374. The first-order valence-corrected chi connectivity index (χ1v) is 11.9. The van der Waals surface area contributed by atoms with Crippen LogP contribution in [0.4, 0.5) is 10.1 Å². The second-order valence-electron chi connectivity index (χ2n) is 8.66. The molecule has 0 radical (unpaired) electrons. The van der Waals surface area contributed by atoms with Gasteiger partial charge in [0.05, 0.1) is 26.5 Å². The Morgan fingerprint density at radius 1 is 0.833 bits per heavy atom. The van der Waals surface area contributed by atoms with Gasteiger partial charge < -0.3 is 14.4 Å². The summed E-state index contributed by atoms with van der Waals surface area (Å²) in [6.07, 6.45) is 0. The van der Waals surface area contributed by atoms with E-state index in [9.17, 15) is 4.39 Å². The van der Waals surface area contributed by atoms with E-state index in [1.54, 1.807) is 31.0 Å². The van der Waals surface area contributed by atoms with Gasteiger partial charge in [0, 0.05) is 31.7 Å². The van der Waals surface area contributed by atoms with Gasteiger partial charge in [-0.05, 0) is 46.3 Å². The Hall–Kier alpha value is -3.98. The SMILES string of the molecule is COc1ccccc1[C@H](c1nnnn1Cc1ccc(F)cc1)N1CCN(c2ccccc2OC)CC1. The van der Waals surface area contributed by atoms with Gasteiger partial charge in [0.15, 0.2) is 5.82 Å². The standard InChI is InChI=1S/C27H29FN6O2/c1-35-24-9-5-3-7-22(24)26(27-29-30-31-34(27)19-20-11-13-21(28)14-12-20)33-17-15-32(16-18-33)23-8-4-6-10-25(23)36-2/h3-14,26H,15-19H2,1-2H3/t26-/m1/s1. The number of methoxy groups -OCH3 is 2. The van der Waals surface area contributed by atoms with Crippen molar-refractivity contribution in [1.82, 2.24) is 25.1 Å². The zero-order valence-corrected chi connectivity index (χ0v) is 20.4. The van der Waals surface area contributed by atoms with Gasteiger partial charge in [-0.15, -0.1) is 5.10 Å². The number of para-hydroxylation sites is 3. The molecule has 8 nitrogen and oxygen atoms in total. The van der Waals surface area contributed by atoms with Gasteiger partial charge in [0.2, 0.25) is 0 Å². The number of nitrogens with zero attached hydrogens (tertiary/aromatic N) is 6. The average Bonchev–Trinajstić information content (AvgIpc) is 3.38. The molecule has 0 aliphatic carbocycles. The van der Waals surface area contributed by atoms with Gasteiger partial charge in [-0.25, -0.2) is 9.07 Å². The molecular formula is C27H29FN6O2. The highest BCUT2D eigenvalue weighted by Gasteiger charge is 2.33. The molecule has 0 unspecified atom stereocenters. The summed E-state index contributed by atoms with van der Waals surface area (Å²) in [5, 5.41) is 12.8. The number of benzene rings is 3. The summed E-state index contributed by atoms with van der Waals surface area (Å²) in [6.45, 7) is 3.68. The van der Waals surface area contributed by atoms with Gasteiger partial charge in [-0.1, -0.05) is 42.5 Å². The number of ether oxygens (including phenoxy) is 2. The highest BCUT2D eigenvalue weighted by Crippen LogP contribution is 2.36. The summed E-state index contributed by atoms with van der Waals surface area (Å²) in [5.74, 6) is 2.10. The molecular weight excluding hydrogens is 459 g/mol. The minimum atomic E-state index is -0.268. The van der Waals surface area contributed by atoms with Crippen LogP contribution in [0.2, 0.25) is 0 Å². The zero-order chi connectivity index (χ0) is 24.9. The zero-order valence-electron chi connectivity index (χ0n) is 20.4. The molecule has 1 aliphatic heterocycles. The van der Waals surface area contributed by atoms with Crippen LogP contribution in [0.25, 0.3) is 0 Å². The van der Waals surface area contributed by atoms with Gasteiger partial charge in [-0.2, -0.15) is 0 Å². The molecule has 186 valence electrons. The molecule has 5 rings (SSSR count). The number of piperazine rings is 1. The number of aromatic nitrogens is 4. The van der Waals surface area contributed by atoms with Gasteiger partial charge >= 0.3 is 0 Å². The van der Waals surface area contributed by atoms with Crippen LogP contribution in [0, 0.1) is 5.82 Å². The lowest BCUT2D eigenvalue weighted by Gasteiger charge is -2.40. The summed E-state index contributed by atoms with van der Waals surface area (Å²) in [5.41, 5.74) is 3.01. The number of anilines is 1. The Morgan fingerprint density at radius 3 is 2.22 bits per heavy atom. The van der Waals surface area contributed by atoms with Crippen LogP contribution >= 0.6 is 0 Å². The molecule has 1 aliphatic rings. The molecule has 1 atom stereocenters. The lowest BCUT2D eigenvalue weighted by molar-refractivity contribution is 0.197. The van der Waals surface area contributed by atoms with Crippen molar-refractivity contribution in [2.75, 3.05) is 45.3 Å². The number of hydrogen-bond acceptors (Lipinski definition) is 7. The van der Waals surface area contributed by atoms with Gasteiger partial charge in [0.1, 0.15) is 23.4 Å². The molecule has 0 spiro atoms. The Kier molecular flexibility index (Phi) is 7.08. The van der Waals surface area contributed by atoms with E-state index in [1.165, 1.54) is 12.1 Å². The molecule has 9 heteroatoms. The lowest BCUT2D eigenvalue weighted by atomic mass is 10.0. The maximum atomic E-state index is 13.4. The second-order valence-corrected chi connectivity index (χ2v) is 8.66. The lowest BCUT2D eigenvalue weighted by Crippen LogP contribution is -2.48. The molecule has 3 aromatic carbocycles. The molecule has 1 aromatic heterocycles. The van der Waals surface area contributed by atoms with Crippen LogP contribution in [0.5, 0.6) is 11.5 Å². The van der Waals surface area contributed by atoms with Crippen molar-refractivity contribution in [2.45, 2.75) is 12.6 Å². The van der Waals surface area contributed by atoms with Crippen molar-refractivity contribution in [3.63, 3.8) is 0 Å². The van der Waals surface area contributed by atoms with E-state index in [4.69, 9.17) is 9.47 Å². The molecule has 0 saturated carbocycles. The van der Waals surface area contributed by atoms with E-state index >= 15 is 0 Å². The Bertz CT molecular complexity index is 1290. The third-order valence-corrected chi connectivity index (χ3v) is 6.59. The van der Waals surface area contributed by atoms with Crippen LogP contribution in [-0.4, -0.2) is 65.5 Å². The van der Waals surface area contributed by atoms with E-state index in [-0.39, 0.29) is 11.9 Å². The fourth-order valence-corrected chi connectivity index (χ4v) is 4.79. The van der Waals surface area contributed by atoms with Crippen LogP contribution in [0.3, 0.4) is 0 Å². The highest BCUT2D eigenvalue weighted by atomic mass is 19.1. The molecule has 1 fully saturated rings. The Labute approximate surface area is 209 Å². The van der Waals surface area contributed by atoms with Crippen LogP contribution in [0.1, 0.15) is 23.0 Å². The third-order valence-electron chi connectivity index (χ3n) is 6.59.